The van der Waals surface area contributed by atoms with Crippen LogP contribution in [0.2, 0.25) is 0 Å². The Balaban J connectivity index is 1.34. The highest BCUT2D eigenvalue weighted by Crippen LogP contribution is 2.50. The largest absolute Gasteiger partial charge is 0.488 e. The highest BCUT2D eigenvalue weighted by atomic mass is 16.4. The molecule has 0 fully saturated rings. The maximum Gasteiger partial charge on any atom is 0.488 e. The van der Waals surface area contributed by atoms with Gasteiger partial charge in [-0.1, -0.05) is 123 Å². The van der Waals surface area contributed by atoms with Gasteiger partial charge in [-0.2, -0.15) is 0 Å². The molecule has 0 saturated heterocycles. The van der Waals surface area contributed by atoms with Crippen molar-refractivity contribution in [2.45, 2.75) is 19.3 Å². The molecule has 7 aromatic rings. The Hall–Kier alpha value is -4.44. The fraction of sp³-hybridized carbons (Fsp3) is 0.0811. The Morgan fingerprint density at radius 3 is 1.68 bits per heavy atom. The van der Waals surface area contributed by atoms with Gasteiger partial charge in [0.2, 0.25) is 0 Å². The van der Waals surface area contributed by atoms with Crippen LogP contribution in [0, 0.1) is 0 Å². The first kappa shape index (κ1) is 23.5. The molecule has 1 aliphatic rings. The molecule has 0 amide bonds. The number of fused-ring (bicyclic) bond motifs is 3. The Morgan fingerprint density at radius 2 is 1.02 bits per heavy atom. The van der Waals surface area contributed by atoms with E-state index in [0.29, 0.717) is 5.46 Å². The summed E-state index contributed by atoms with van der Waals surface area (Å²) in [5, 5.41) is 26.6. The van der Waals surface area contributed by atoms with E-state index < -0.39 is 7.12 Å². The average molecular weight is 514 g/mol. The van der Waals surface area contributed by atoms with Crippen molar-refractivity contribution >= 4 is 44.9 Å². The maximum atomic E-state index is 9.54. The minimum atomic E-state index is -1.47. The SMILES string of the molecule is CC1(C)c2ccccc2-c2ccc(-c3ccc4ccc5c(-c6ccc(B(O)O)cc6)ccc6ccc3c4c65)cc21. The van der Waals surface area contributed by atoms with Gasteiger partial charge < -0.3 is 10.0 Å². The van der Waals surface area contributed by atoms with Crippen LogP contribution in [-0.2, 0) is 5.41 Å². The molecule has 3 heteroatoms. The minimum absolute atomic E-state index is 0.0394. The van der Waals surface area contributed by atoms with Crippen molar-refractivity contribution < 1.29 is 10.0 Å². The fourth-order valence-corrected chi connectivity index (χ4v) is 7.01. The van der Waals surface area contributed by atoms with Crippen molar-refractivity contribution in [2.24, 2.45) is 0 Å². The lowest BCUT2D eigenvalue weighted by molar-refractivity contribution is 0.426. The molecule has 2 nitrogen and oxygen atoms in total. The molecule has 7 aromatic carbocycles. The second-order valence-electron chi connectivity index (χ2n) is 11.6. The summed E-state index contributed by atoms with van der Waals surface area (Å²) in [7, 11) is -1.47. The van der Waals surface area contributed by atoms with Gasteiger partial charge in [0.1, 0.15) is 0 Å². The van der Waals surface area contributed by atoms with Crippen LogP contribution in [0.3, 0.4) is 0 Å². The van der Waals surface area contributed by atoms with Gasteiger partial charge in [-0.25, -0.2) is 0 Å². The summed E-state index contributed by atoms with van der Waals surface area (Å²) in [5.41, 5.74) is 10.6. The number of benzene rings is 7. The number of hydrogen-bond donors (Lipinski definition) is 2. The van der Waals surface area contributed by atoms with Crippen molar-refractivity contribution in [1.82, 2.24) is 0 Å². The lowest BCUT2D eigenvalue weighted by Crippen LogP contribution is -2.29. The molecule has 0 atom stereocenters. The molecule has 0 aliphatic heterocycles. The van der Waals surface area contributed by atoms with Crippen LogP contribution in [0.5, 0.6) is 0 Å². The standard InChI is InChI=1S/C37H27BO2/c1-37(2)33-6-4-3-5-29(33)30-18-13-25(21-34(30)37)28-17-10-24-11-19-31-27(22-7-14-26(15-8-22)38(39)40)16-9-23-12-20-32(28)36(24)35(23)31/h3-21,39-40H,1-2H3. The summed E-state index contributed by atoms with van der Waals surface area (Å²) in [6, 6.07) is 41.2. The molecule has 0 saturated carbocycles. The summed E-state index contributed by atoms with van der Waals surface area (Å²) in [6.45, 7) is 4.67. The van der Waals surface area contributed by atoms with Gasteiger partial charge in [0.15, 0.2) is 0 Å². The van der Waals surface area contributed by atoms with Crippen molar-refractivity contribution in [3.05, 3.63) is 126 Å². The van der Waals surface area contributed by atoms with E-state index >= 15 is 0 Å². The molecule has 0 aromatic heterocycles. The third kappa shape index (κ3) is 3.19. The van der Waals surface area contributed by atoms with E-state index in [1.165, 1.54) is 65.7 Å². The van der Waals surface area contributed by atoms with Gasteiger partial charge in [-0.3, -0.25) is 0 Å². The van der Waals surface area contributed by atoms with Crippen LogP contribution in [0.1, 0.15) is 25.0 Å². The zero-order chi connectivity index (χ0) is 27.2. The van der Waals surface area contributed by atoms with E-state index in [4.69, 9.17) is 0 Å². The molecule has 0 radical (unpaired) electrons. The molecule has 0 heterocycles. The molecule has 190 valence electrons. The summed E-state index contributed by atoms with van der Waals surface area (Å²) in [4.78, 5) is 0. The minimum Gasteiger partial charge on any atom is -0.423 e. The predicted octanol–water partition coefficient (Wildman–Crippen LogP) is 7.90. The van der Waals surface area contributed by atoms with Gasteiger partial charge in [-0.15, -0.1) is 0 Å². The van der Waals surface area contributed by atoms with Crippen molar-refractivity contribution in [3.63, 3.8) is 0 Å². The fourth-order valence-electron chi connectivity index (χ4n) is 7.01. The molecule has 0 bridgehead atoms. The smallest absolute Gasteiger partial charge is 0.423 e. The summed E-state index contributed by atoms with van der Waals surface area (Å²) in [5.74, 6) is 0. The zero-order valence-electron chi connectivity index (χ0n) is 22.4. The molecule has 1 aliphatic carbocycles. The quantitative estimate of drug-likeness (QED) is 0.186. The van der Waals surface area contributed by atoms with E-state index in [0.717, 1.165) is 11.1 Å². The summed E-state index contributed by atoms with van der Waals surface area (Å²) in [6.07, 6.45) is 0. The average Bonchev–Trinajstić information content (AvgIpc) is 3.22. The van der Waals surface area contributed by atoms with Gasteiger partial charge in [-0.05, 0) is 88.4 Å². The van der Waals surface area contributed by atoms with Gasteiger partial charge in [0.25, 0.3) is 0 Å². The van der Waals surface area contributed by atoms with Crippen molar-refractivity contribution in [2.75, 3.05) is 0 Å². The number of rotatable bonds is 3. The summed E-state index contributed by atoms with van der Waals surface area (Å²) >= 11 is 0. The van der Waals surface area contributed by atoms with Gasteiger partial charge in [0, 0.05) is 5.41 Å². The Morgan fingerprint density at radius 1 is 0.500 bits per heavy atom. The normalized spacial score (nSPS) is 13.7. The lowest BCUT2D eigenvalue weighted by atomic mass is 9.79. The van der Waals surface area contributed by atoms with E-state index in [1.54, 1.807) is 12.1 Å². The van der Waals surface area contributed by atoms with E-state index in [2.05, 4.69) is 105 Å². The molecular formula is C37H27BO2. The maximum absolute atomic E-state index is 9.54. The Kier molecular flexibility index (Phi) is 4.86. The molecular weight excluding hydrogens is 487 g/mol. The van der Waals surface area contributed by atoms with Crippen molar-refractivity contribution in [3.8, 4) is 33.4 Å². The monoisotopic (exact) mass is 514 g/mol. The van der Waals surface area contributed by atoms with E-state index in [1.807, 2.05) is 12.1 Å². The molecule has 8 rings (SSSR count). The van der Waals surface area contributed by atoms with Crippen LogP contribution in [-0.4, -0.2) is 17.2 Å². The van der Waals surface area contributed by atoms with Crippen LogP contribution >= 0.6 is 0 Å². The van der Waals surface area contributed by atoms with Crippen LogP contribution in [0.4, 0.5) is 0 Å². The van der Waals surface area contributed by atoms with Gasteiger partial charge in [0.05, 0.1) is 0 Å². The Bertz CT molecular complexity index is 2100. The summed E-state index contributed by atoms with van der Waals surface area (Å²) < 4.78 is 0. The highest BCUT2D eigenvalue weighted by molar-refractivity contribution is 6.58. The second-order valence-corrected chi connectivity index (χ2v) is 11.6. The van der Waals surface area contributed by atoms with Gasteiger partial charge >= 0.3 is 7.12 Å². The molecule has 40 heavy (non-hydrogen) atoms. The second kappa shape index (κ2) is 8.28. The van der Waals surface area contributed by atoms with Crippen molar-refractivity contribution in [1.29, 1.82) is 0 Å². The van der Waals surface area contributed by atoms with Crippen LogP contribution < -0.4 is 5.46 Å². The molecule has 0 unspecified atom stereocenters. The van der Waals surface area contributed by atoms with Crippen LogP contribution in [0.15, 0.2) is 115 Å². The topological polar surface area (TPSA) is 40.5 Å². The molecule has 0 spiro atoms. The third-order valence-electron chi connectivity index (χ3n) is 9.08. The van der Waals surface area contributed by atoms with E-state index in [-0.39, 0.29) is 5.41 Å². The first-order chi connectivity index (χ1) is 19.4. The molecule has 2 N–H and O–H groups in total. The first-order valence-electron chi connectivity index (χ1n) is 13.8. The zero-order valence-corrected chi connectivity index (χ0v) is 22.4. The Labute approximate surface area is 233 Å². The highest BCUT2D eigenvalue weighted by Gasteiger charge is 2.35. The third-order valence-corrected chi connectivity index (χ3v) is 9.08. The lowest BCUT2D eigenvalue weighted by Gasteiger charge is -2.22. The number of hydrogen-bond acceptors (Lipinski definition) is 2. The van der Waals surface area contributed by atoms with Crippen LogP contribution in [0.25, 0.3) is 65.7 Å². The first-order valence-corrected chi connectivity index (χ1v) is 13.8. The van der Waals surface area contributed by atoms with E-state index in [9.17, 15) is 10.0 Å². The predicted molar refractivity (Wildman–Crippen MR) is 168 cm³/mol.